The quantitative estimate of drug-likeness (QED) is 0.683. The summed E-state index contributed by atoms with van der Waals surface area (Å²) in [5.41, 5.74) is 1.30. The highest BCUT2D eigenvalue weighted by Gasteiger charge is 2.39. The Labute approximate surface area is 153 Å². The lowest BCUT2D eigenvalue weighted by atomic mass is 10.1. The minimum Gasteiger partial charge on any atom is -0.313 e. The van der Waals surface area contributed by atoms with Crippen LogP contribution in [-0.2, 0) is 0 Å². The number of benzene rings is 1. The van der Waals surface area contributed by atoms with Crippen molar-refractivity contribution in [3.63, 3.8) is 0 Å². The molecule has 0 aliphatic heterocycles. The lowest BCUT2D eigenvalue weighted by Gasteiger charge is -2.04. The molecule has 0 bridgehead atoms. The molecule has 2 atom stereocenters. The van der Waals surface area contributed by atoms with Gasteiger partial charge in [-0.3, -0.25) is 9.78 Å². The second-order valence-corrected chi connectivity index (χ2v) is 6.40. The van der Waals surface area contributed by atoms with Gasteiger partial charge in [0.05, 0.1) is 5.56 Å². The van der Waals surface area contributed by atoms with Crippen LogP contribution in [0.4, 0.5) is 0 Å². The van der Waals surface area contributed by atoms with Crippen LogP contribution >= 0.6 is 11.6 Å². The van der Waals surface area contributed by atoms with E-state index in [1.54, 1.807) is 6.07 Å². The Hall–Kier alpha value is -3.17. The third-order valence-corrected chi connectivity index (χ3v) is 4.53. The van der Waals surface area contributed by atoms with Crippen LogP contribution in [-0.4, -0.2) is 20.2 Å². The average molecular weight is 365 g/mol. The Morgan fingerprint density at radius 1 is 1.15 bits per heavy atom. The third kappa shape index (κ3) is 3.30. The fourth-order valence-electron chi connectivity index (χ4n) is 2.78. The molecule has 1 aliphatic rings. The molecule has 2 N–H and O–H groups in total. The van der Waals surface area contributed by atoms with Gasteiger partial charge in [-0.05, 0) is 30.2 Å². The number of hydrogen-bond donors (Lipinski definition) is 2. The first-order chi connectivity index (χ1) is 12.6. The summed E-state index contributed by atoms with van der Waals surface area (Å²) in [6.45, 7) is 0. The van der Waals surface area contributed by atoms with Crippen molar-refractivity contribution >= 4 is 11.6 Å². The number of hydrogen-bond acceptors (Lipinski definition) is 4. The smallest absolute Gasteiger partial charge is 0.313 e. The van der Waals surface area contributed by atoms with E-state index < -0.39 is 11.2 Å². The van der Waals surface area contributed by atoms with Crippen LogP contribution in [0.1, 0.15) is 23.5 Å². The van der Waals surface area contributed by atoms with Gasteiger partial charge in [0.15, 0.2) is 5.15 Å². The van der Waals surface area contributed by atoms with Gasteiger partial charge in [0.25, 0.3) is 5.56 Å². The van der Waals surface area contributed by atoms with Gasteiger partial charge in [0, 0.05) is 23.6 Å². The number of rotatable bonds is 2. The monoisotopic (exact) mass is 364 g/mol. The molecule has 3 aromatic rings. The maximum Gasteiger partial charge on any atom is 0.325 e. The van der Waals surface area contributed by atoms with Crippen LogP contribution in [0.5, 0.6) is 0 Å². The normalized spacial score (nSPS) is 18.0. The highest BCUT2D eigenvalue weighted by molar-refractivity contribution is 6.30. The number of nitrogens with one attached hydrogen (secondary N) is 2. The van der Waals surface area contributed by atoms with E-state index in [1.807, 2.05) is 30.3 Å². The van der Waals surface area contributed by atoms with Crippen molar-refractivity contribution in [3.8, 4) is 23.1 Å². The number of nitrogens with zero attached hydrogens (tertiary/aromatic N) is 2. The molecule has 0 radical (unpaired) electrons. The molecular formula is C19H13ClN4O2. The molecule has 0 amide bonds. The van der Waals surface area contributed by atoms with Gasteiger partial charge in [0.1, 0.15) is 5.69 Å². The van der Waals surface area contributed by atoms with E-state index in [2.05, 4.69) is 32.0 Å². The first-order valence-corrected chi connectivity index (χ1v) is 8.41. The van der Waals surface area contributed by atoms with Crippen molar-refractivity contribution in [2.75, 3.05) is 0 Å². The van der Waals surface area contributed by atoms with Crippen LogP contribution in [0.15, 0.2) is 52.2 Å². The predicted octanol–water partition coefficient (Wildman–Crippen LogP) is 2.33. The van der Waals surface area contributed by atoms with E-state index >= 15 is 0 Å². The molecule has 1 aromatic carbocycles. The van der Waals surface area contributed by atoms with E-state index in [0.717, 1.165) is 17.5 Å². The SMILES string of the molecule is O=c1[nH]cc(-c2cc([C@H]3C[C@@H]3C#Cc3ccccc3)c(Cl)nn2)c(=O)[nH]1. The summed E-state index contributed by atoms with van der Waals surface area (Å²) < 4.78 is 0. The van der Waals surface area contributed by atoms with Gasteiger partial charge in [-0.15, -0.1) is 10.2 Å². The zero-order valence-electron chi connectivity index (χ0n) is 13.5. The average Bonchev–Trinajstić information content (AvgIpc) is 3.41. The van der Waals surface area contributed by atoms with Crippen LogP contribution in [0, 0.1) is 17.8 Å². The maximum absolute atomic E-state index is 11.9. The highest BCUT2D eigenvalue weighted by Crippen LogP contribution is 2.49. The highest BCUT2D eigenvalue weighted by atomic mass is 35.5. The maximum atomic E-state index is 11.9. The summed E-state index contributed by atoms with van der Waals surface area (Å²) in [7, 11) is 0. The van der Waals surface area contributed by atoms with Crippen molar-refractivity contribution in [2.45, 2.75) is 12.3 Å². The summed E-state index contributed by atoms with van der Waals surface area (Å²) in [5.74, 6) is 6.77. The molecule has 6 nitrogen and oxygen atoms in total. The lowest BCUT2D eigenvalue weighted by molar-refractivity contribution is 0.953. The molecule has 1 fully saturated rings. The second-order valence-electron chi connectivity index (χ2n) is 6.05. The van der Waals surface area contributed by atoms with Crippen molar-refractivity contribution in [2.24, 2.45) is 5.92 Å². The van der Waals surface area contributed by atoms with Gasteiger partial charge >= 0.3 is 5.69 Å². The molecule has 1 aliphatic carbocycles. The van der Waals surface area contributed by atoms with Crippen LogP contribution in [0.25, 0.3) is 11.3 Å². The zero-order valence-corrected chi connectivity index (χ0v) is 14.2. The zero-order chi connectivity index (χ0) is 18.1. The molecule has 4 rings (SSSR count). The molecule has 7 heteroatoms. The van der Waals surface area contributed by atoms with E-state index in [0.29, 0.717) is 10.8 Å². The molecular weight excluding hydrogens is 352 g/mol. The molecule has 0 saturated heterocycles. The van der Waals surface area contributed by atoms with E-state index in [-0.39, 0.29) is 17.4 Å². The largest absolute Gasteiger partial charge is 0.325 e. The molecule has 1 saturated carbocycles. The van der Waals surface area contributed by atoms with Crippen molar-refractivity contribution in [1.29, 1.82) is 0 Å². The van der Waals surface area contributed by atoms with Crippen molar-refractivity contribution in [1.82, 2.24) is 20.2 Å². The molecule has 2 heterocycles. The minimum absolute atomic E-state index is 0.162. The van der Waals surface area contributed by atoms with E-state index in [1.165, 1.54) is 6.20 Å². The first-order valence-electron chi connectivity index (χ1n) is 8.04. The second kappa shape index (κ2) is 6.62. The van der Waals surface area contributed by atoms with Gasteiger partial charge in [-0.2, -0.15) is 0 Å². The Morgan fingerprint density at radius 2 is 1.96 bits per heavy atom. The van der Waals surface area contributed by atoms with Crippen LogP contribution < -0.4 is 11.2 Å². The molecule has 0 unspecified atom stereocenters. The predicted molar refractivity (Wildman–Crippen MR) is 97.9 cm³/mol. The molecule has 128 valence electrons. The lowest BCUT2D eigenvalue weighted by Crippen LogP contribution is -2.23. The molecule has 0 spiro atoms. The van der Waals surface area contributed by atoms with Crippen LogP contribution in [0.3, 0.4) is 0 Å². The number of aromatic amines is 2. The number of halogens is 1. The Kier molecular flexibility index (Phi) is 4.15. The topological polar surface area (TPSA) is 91.5 Å². The van der Waals surface area contributed by atoms with Crippen molar-refractivity contribution in [3.05, 3.63) is 79.7 Å². The van der Waals surface area contributed by atoms with Gasteiger partial charge in [0.2, 0.25) is 0 Å². The third-order valence-electron chi connectivity index (χ3n) is 4.24. The Morgan fingerprint density at radius 3 is 2.73 bits per heavy atom. The van der Waals surface area contributed by atoms with Gasteiger partial charge in [-0.25, -0.2) is 4.79 Å². The van der Waals surface area contributed by atoms with Crippen molar-refractivity contribution < 1.29 is 0 Å². The van der Waals surface area contributed by atoms with Gasteiger partial charge in [-0.1, -0.05) is 41.6 Å². The molecule has 2 aromatic heterocycles. The number of H-pyrrole nitrogens is 2. The van der Waals surface area contributed by atoms with Gasteiger partial charge < -0.3 is 4.98 Å². The van der Waals surface area contributed by atoms with E-state index in [9.17, 15) is 9.59 Å². The summed E-state index contributed by atoms with van der Waals surface area (Å²) >= 11 is 6.20. The standard InChI is InChI=1S/C19H13ClN4O2/c20-17-14(13-8-12(13)7-6-11-4-2-1-3-5-11)9-16(23-24-17)15-10-21-19(26)22-18(15)25/h1-5,9-10,12-13H,8H2,(H2,21,22,25,26)/t12-,13-/m0/s1. The minimum atomic E-state index is -0.570. The summed E-state index contributed by atoms with van der Waals surface area (Å²) in [5, 5.41) is 8.23. The Balaban J connectivity index is 1.61. The fraction of sp³-hybridized carbons (Fsp3) is 0.158. The molecule has 26 heavy (non-hydrogen) atoms. The summed E-state index contributed by atoms with van der Waals surface area (Å²) in [6, 6.07) is 11.5. The van der Waals surface area contributed by atoms with Crippen LogP contribution in [0.2, 0.25) is 5.15 Å². The summed E-state index contributed by atoms with van der Waals surface area (Å²) in [6.07, 6.45) is 2.20. The fourth-order valence-corrected chi connectivity index (χ4v) is 3.01. The Bertz CT molecular complexity index is 1140. The number of aromatic nitrogens is 4. The first kappa shape index (κ1) is 16.3. The summed E-state index contributed by atoms with van der Waals surface area (Å²) in [4.78, 5) is 27.7. The van der Waals surface area contributed by atoms with E-state index in [4.69, 9.17) is 11.6 Å².